The van der Waals surface area contributed by atoms with Gasteiger partial charge < -0.3 is 189 Å². The number of aliphatic hydroxyl groups is 8. The number of aliphatic hydroxyl groups excluding tert-OH is 8. The molecule has 0 spiro atoms. The lowest BCUT2D eigenvalue weighted by molar-refractivity contribution is -0.365. The van der Waals surface area contributed by atoms with E-state index in [-0.39, 0.29) is 38.5 Å². The van der Waals surface area contributed by atoms with Gasteiger partial charge in [-0.2, -0.15) is 0 Å². The van der Waals surface area contributed by atoms with Gasteiger partial charge in [0.15, 0.2) is 25.2 Å². The molecule has 0 saturated carbocycles. The summed E-state index contributed by atoms with van der Waals surface area (Å²) in [4.78, 5) is 231. The number of carboxylic acid groups (broad SMARTS) is 6. The van der Waals surface area contributed by atoms with Gasteiger partial charge in [-0.05, 0) is 86.0 Å². The van der Waals surface area contributed by atoms with Crippen LogP contribution in [0.2, 0.25) is 0 Å². The lowest BCUT2D eigenvalue weighted by atomic mass is 9.92. The number of carbonyl (C=O) groups is 18. The molecule has 0 bridgehead atoms. The predicted molar refractivity (Wildman–Crippen MR) is 418 cm³/mol. The van der Waals surface area contributed by atoms with Gasteiger partial charge in [0.2, 0.25) is 70.9 Å². The maximum absolute atomic E-state index is 14.4. The van der Waals surface area contributed by atoms with Crippen LogP contribution in [0.4, 0.5) is 0 Å². The monoisotopic (exact) mass is 1850 g/mol. The average molecular weight is 1850 g/mol. The fraction of sp³-hybridized carbons (Fsp3) is 0.753. The molecule has 4 rings (SSSR count). The Balaban J connectivity index is 1.69. The molecule has 4 saturated heterocycles. The predicted octanol–water partition coefficient (Wildman–Crippen LogP) is -13.7. The average Bonchev–Trinajstić information content (AvgIpc) is 0.758. The van der Waals surface area contributed by atoms with Gasteiger partial charge in [-0.25, -0.2) is 9.59 Å². The number of ether oxygens (including phenoxy) is 9. The second-order valence-corrected chi connectivity index (χ2v) is 30.6. The summed E-state index contributed by atoms with van der Waals surface area (Å²) < 4.78 is 55.5. The van der Waals surface area contributed by atoms with Crippen molar-refractivity contribution in [3.8, 4) is 0 Å². The first-order chi connectivity index (χ1) is 59.9. The summed E-state index contributed by atoms with van der Waals surface area (Å²) in [7, 11) is 0. The van der Waals surface area contributed by atoms with E-state index in [1.807, 2.05) is 0 Å². The Morgan fingerprint density at radius 3 is 1.09 bits per heavy atom. The molecule has 55 nitrogen and oxygen atoms in total. The standard InChI is InChI=1S/C73H118N14O41/c1-25(59(103)87-39(69(117)118)17-19-45(97)85-37(15-11-13-35(75)67(113)114)64(108)79-27(3)65(109)110)77-61(105)28(4)120-57-49(82-32(8)94)70(119)122-42(23-90)55(57)127-72-48(81-31(7)93)53(102)54(41(22-89)124-72)126-73-50(83-33(9)95)58(56(43(24-91)125-73)128-71-47(80-30(6)92)52(101)51(100)40(21-88)123-71)121-29(5)62(106)78-26(2)60(104)86-38(68(115)116)16-18-44(96)84-36(63(107)76-20-46(98)99)14-10-12-34(74)66(111)112/h25-29,34-43,47-58,70-73,88-91,100-102,119H,10-24,74-75H2,1-9H3,(H,76,107)(H,77,105)(H,78,106)(H,79,108)(H,80,92)(H,81,93)(H,82,94)(H,83,95)(H,84,96)(H,85,97)(H,86,104)(H,87,103)(H,98,99)(H,109,110)(H,111,112)(H,113,114)(H,115,116)(H,117,118). The summed E-state index contributed by atoms with van der Waals surface area (Å²) in [5.74, 6) is -21.8. The highest BCUT2D eigenvalue weighted by atomic mass is 16.8. The van der Waals surface area contributed by atoms with Gasteiger partial charge >= 0.3 is 35.8 Å². The third-order valence-electron chi connectivity index (χ3n) is 20.4. The SMILES string of the molecule is CC(=O)NC1C(OC2C(CO)OC(OC3C(CO)OC(OC4C(CO)OC(O)C(NC(C)=O)C4OC(C)C(=O)NC(C)C(=O)NC(CCC(=O)NC(CCCC(N)C(=O)O)C(=O)NC(C)C(=O)O)C(=O)O)C(NC(C)=O)C3O)C(NC(C)=O)C2OC(C)C(=O)NC(C)C(=O)NC(CCC(=O)NC(CCCC(N)C(=O)O)C(=O)NCC(=O)O)C(=O)O)OC(CO)C(O)C1O. The lowest BCUT2D eigenvalue weighted by Crippen LogP contribution is -2.72. The van der Waals surface area contributed by atoms with Crippen LogP contribution in [-0.2, 0) is 129 Å². The molecular weight excluding hydrogens is 1730 g/mol. The van der Waals surface area contributed by atoms with Crippen molar-refractivity contribution in [2.24, 2.45) is 11.5 Å². The smallest absolute Gasteiger partial charge is 0.326 e. The zero-order valence-electron chi connectivity index (χ0n) is 70.9. The van der Waals surface area contributed by atoms with Crippen LogP contribution < -0.4 is 75.3 Å². The quantitative estimate of drug-likeness (QED) is 0.0269. The van der Waals surface area contributed by atoms with Crippen molar-refractivity contribution in [1.82, 2.24) is 63.8 Å². The van der Waals surface area contributed by atoms with Crippen LogP contribution in [0, 0.1) is 0 Å². The van der Waals surface area contributed by atoms with Gasteiger partial charge in [0.1, 0.15) is 171 Å². The largest absolute Gasteiger partial charge is 0.480 e. The molecule has 0 radical (unpaired) electrons. The number of carboxylic acids is 6. The summed E-state index contributed by atoms with van der Waals surface area (Å²) in [5.41, 5.74) is 11.1. The molecule has 4 fully saturated rings. The minimum absolute atomic E-state index is 0.0691. The van der Waals surface area contributed by atoms with E-state index in [1.54, 1.807) is 0 Å². The Kier molecular flexibility index (Phi) is 45.0. The Labute approximate surface area is 728 Å². The number of carbonyl (C=O) groups excluding carboxylic acids is 12. The molecule has 30 N–H and O–H groups in total. The van der Waals surface area contributed by atoms with Crippen LogP contribution >= 0.6 is 0 Å². The van der Waals surface area contributed by atoms with Crippen LogP contribution in [0.15, 0.2) is 0 Å². The summed E-state index contributed by atoms with van der Waals surface area (Å²) in [5, 5.41) is 174. The fourth-order valence-electron chi connectivity index (χ4n) is 13.6. The highest BCUT2D eigenvalue weighted by molar-refractivity contribution is 5.94. The Hall–Kier alpha value is -10.3. The van der Waals surface area contributed by atoms with Gasteiger partial charge in [-0.15, -0.1) is 0 Å². The van der Waals surface area contributed by atoms with Crippen molar-refractivity contribution >= 4 is 107 Å². The molecule has 0 aromatic carbocycles. The maximum atomic E-state index is 14.4. The zero-order chi connectivity index (χ0) is 96.7. The van der Waals surface area contributed by atoms with Crippen molar-refractivity contribution in [2.45, 2.75) is 316 Å². The number of amides is 12. The van der Waals surface area contributed by atoms with E-state index in [0.717, 1.165) is 62.3 Å². The number of nitrogens with one attached hydrogen (secondary N) is 12. The highest BCUT2D eigenvalue weighted by Crippen LogP contribution is 2.37. The number of rotatable bonds is 52. The molecule has 4 heterocycles. The van der Waals surface area contributed by atoms with Gasteiger partial charge in [-0.1, -0.05) is 0 Å². The van der Waals surface area contributed by atoms with Gasteiger partial charge in [0.25, 0.3) is 0 Å². The number of hydrogen-bond donors (Lipinski definition) is 28. The molecule has 726 valence electrons. The number of nitrogens with two attached hydrogens (primary N) is 2. The highest BCUT2D eigenvalue weighted by Gasteiger charge is 2.58. The number of hydrogen-bond acceptors (Lipinski definition) is 37. The van der Waals surface area contributed by atoms with E-state index >= 15 is 0 Å². The van der Waals surface area contributed by atoms with Crippen molar-refractivity contribution in [2.75, 3.05) is 33.0 Å². The van der Waals surface area contributed by atoms with Gasteiger partial charge in [0, 0.05) is 40.5 Å². The third kappa shape index (κ3) is 33.6. The van der Waals surface area contributed by atoms with Crippen molar-refractivity contribution in [3.63, 3.8) is 0 Å². The second kappa shape index (κ2) is 52.4. The Morgan fingerprint density at radius 1 is 0.344 bits per heavy atom. The van der Waals surface area contributed by atoms with Crippen molar-refractivity contribution < 1.29 is 200 Å². The summed E-state index contributed by atoms with van der Waals surface area (Å²) in [6, 6.07) is -22.0. The lowest BCUT2D eigenvalue weighted by Gasteiger charge is -2.52. The first-order valence-electron chi connectivity index (χ1n) is 40.3. The van der Waals surface area contributed by atoms with Crippen LogP contribution in [0.5, 0.6) is 0 Å². The molecule has 4 aliphatic heterocycles. The normalized spacial score (nSPS) is 28.2. The van der Waals surface area contributed by atoms with Gasteiger partial charge in [-0.3, -0.25) is 76.7 Å². The summed E-state index contributed by atoms with van der Waals surface area (Å²) in [6.07, 6.45) is -40.0. The summed E-state index contributed by atoms with van der Waals surface area (Å²) >= 11 is 0. The topological polar surface area (TPSA) is 870 Å². The van der Waals surface area contributed by atoms with Gasteiger partial charge in [0.05, 0.1) is 26.4 Å². The van der Waals surface area contributed by atoms with Crippen LogP contribution in [0.25, 0.3) is 0 Å². The first kappa shape index (κ1) is 110. The van der Waals surface area contributed by atoms with Crippen LogP contribution in [0.1, 0.15) is 127 Å². The Morgan fingerprint density at radius 2 is 0.695 bits per heavy atom. The van der Waals surface area contributed by atoms with E-state index in [4.69, 9.17) is 59.2 Å². The molecule has 0 aromatic rings. The van der Waals surface area contributed by atoms with Crippen molar-refractivity contribution in [1.29, 1.82) is 0 Å². The molecular formula is C73H118N14O41. The zero-order valence-corrected chi connectivity index (χ0v) is 70.9. The van der Waals surface area contributed by atoms with E-state index in [2.05, 4.69) is 63.8 Å². The second-order valence-electron chi connectivity index (χ2n) is 30.6. The van der Waals surface area contributed by atoms with Crippen LogP contribution in [0.3, 0.4) is 0 Å². The van der Waals surface area contributed by atoms with E-state index in [9.17, 15) is 153 Å². The summed E-state index contributed by atoms with van der Waals surface area (Å²) in [6.45, 7) is 3.61. The third-order valence-corrected chi connectivity index (χ3v) is 20.4. The molecule has 128 heavy (non-hydrogen) atoms. The molecule has 31 atom stereocenters. The Bertz CT molecular complexity index is 3840. The minimum Gasteiger partial charge on any atom is -0.480 e. The van der Waals surface area contributed by atoms with E-state index in [1.165, 1.54) is 0 Å². The molecule has 31 unspecified atom stereocenters. The number of aliphatic carboxylic acids is 6. The fourth-order valence-corrected chi connectivity index (χ4v) is 13.6. The van der Waals surface area contributed by atoms with E-state index in [0.29, 0.717) is 0 Å². The van der Waals surface area contributed by atoms with Crippen LogP contribution in [-0.4, -0.2) is 400 Å². The van der Waals surface area contributed by atoms with E-state index < -0.39 is 355 Å². The molecule has 55 heteroatoms. The molecule has 0 aliphatic carbocycles. The molecule has 4 aliphatic rings. The maximum Gasteiger partial charge on any atom is 0.326 e. The first-order valence-corrected chi connectivity index (χ1v) is 40.3. The van der Waals surface area contributed by atoms with Crippen molar-refractivity contribution in [3.05, 3.63) is 0 Å². The molecule has 0 aromatic heterocycles. The molecule has 12 amide bonds. The minimum atomic E-state index is -2.30.